The Hall–Kier alpha value is -3.90. The zero-order valence-corrected chi connectivity index (χ0v) is 22.9. The van der Waals surface area contributed by atoms with Crippen molar-refractivity contribution in [1.29, 1.82) is 0 Å². The van der Waals surface area contributed by atoms with Gasteiger partial charge >= 0.3 is 24.1 Å². The minimum atomic E-state index is -4.56. The minimum Gasteiger partial charge on any atom is -0.481 e. The standard InChI is InChI=1S/C19H24F3N5O3.C6H8O7/c20-19(21,22)16-9-15(25-18-23-12-24-27(16)18)13-4-6-26(7-5-13)17(28)11-29-10-14-3-1-2-8-30-14;7-3(8)1-6(13,5(11)12)2-4(9)10/h9,12-14H,1-8,10-11H2;13H,1-2H2,(H,7,8)(H,9,10)(H,11,12). The van der Waals surface area contributed by atoms with Crippen LogP contribution >= 0.6 is 0 Å². The number of halogens is 3. The second-order valence-corrected chi connectivity index (χ2v) is 10.2. The smallest absolute Gasteiger partial charge is 0.433 e. The van der Waals surface area contributed by atoms with Crippen LogP contribution in [0.15, 0.2) is 12.4 Å². The summed E-state index contributed by atoms with van der Waals surface area (Å²) < 4.78 is 51.9. The van der Waals surface area contributed by atoms with Crippen LogP contribution in [0.5, 0.6) is 0 Å². The molecule has 0 radical (unpaired) electrons. The van der Waals surface area contributed by atoms with E-state index in [1.165, 1.54) is 0 Å². The SMILES string of the molecule is O=C(COCC1CCCCO1)N1CCC(c2cc(C(F)(F)F)n3ncnc3n2)CC1.O=C(O)CC(O)(CC(=O)O)C(=O)O. The largest absolute Gasteiger partial charge is 0.481 e. The molecular weight excluding hydrogens is 587 g/mol. The van der Waals surface area contributed by atoms with Crippen molar-refractivity contribution >= 4 is 29.6 Å². The molecule has 2 aromatic rings. The predicted molar refractivity (Wildman–Crippen MR) is 136 cm³/mol. The van der Waals surface area contributed by atoms with Crippen LogP contribution in [0.2, 0.25) is 0 Å². The Balaban J connectivity index is 0.000000331. The Morgan fingerprint density at radius 3 is 2.21 bits per heavy atom. The molecule has 1 atom stereocenters. The van der Waals surface area contributed by atoms with Gasteiger partial charge in [0.05, 0.1) is 25.6 Å². The van der Waals surface area contributed by atoms with E-state index in [0.717, 1.165) is 38.3 Å². The van der Waals surface area contributed by atoms with Gasteiger partial charge in [0.15, 0.2) is 11.3 Å². The Labute approximate surface area is 242 Å². The van der Waals surface area contributed by atoms with Gasteiger partial charge in [-0.3, -0.25) is 14.4 Å². The average Bonchev–Trinajstić information content (AvgIpc) is 3.41. The normalized spacial score (nSPS) is 18.1. The molecule has 0 aliphatic carbocycles. The van der Waals surface area contributed by atoms with Crippen LogP contribution < -0.4 is 0 Å². The fourth-order valence-corrected chi connectivity index (χ4v) is 4.69. The van der Waals surface area contributed by atoms with Gasteiger partial charge in [0.1, 0.15) is 12.9 Å². The zero-order chi connectivity index (χ0) is 31.8. The van der Waals surface area contributed by atoms with Crippen LogP contribution in [0.4, 0.5) is 13.2 Å². The molecule has 2 aliphatic rings. The van der Waals surface area contributed by atoms with E-state index in [-0.39, 0.29) is 30.3 Å². The highest BCUT2D eigenvalue weighted by atomic mass is 19.4. The molecule has 15 nitrogen and oxygen atoms in total. The van der Waals surface area contributed by atoms with E-state index >= 15 is 0 Å². The number of carboxylic acid groups (broad SMARTS) is 3. The molecule has 2 aromatic heterocycles. The first-order valence-electron chi connectivity index (χ1n) is 13.3. The van der Waals surface area contributed by atoms with Crippen LogP contribution in [0.1, 0.15) is 62.3 Å². The molecule has 2 aliphatic heterocycles. The highest BCUT2D eigenvalue weighted by Gasteiger charge is 2.41. The number of hydrogen-bond donors (Lipinski definition) is 4. The summed E-state index contributed by atoms with van der Waals surface area (Å²) in [6.45, 7) is 2.04. The number of aromatic nitrogens is 4. The number of fused-ring (bicyclic) bond motifs is 1. The maximum absolute atomic E-state index is 13.4. The van der Waals surface area contributed by atoms with Crippen molar-refractivity contribution in [3.8, 4) is 0 Å². The van der Waals surface area contributed by atoms with Crippen molar-refractivity contribution < 1.29 is 62.2 Å². The minimum absolute atomic E-state index is 0.00724. The number of piperidine rings is 1. The molecule has 238 valence electrons. The Kier molecular flexibility index (Phi) is 11.3. The molecule has 4 N–H and O–H groups in total. The first kappa shape index (κ1) is 33.6. The van der Waals surface area contributed by atoms with Gasteiger partial charge in [-0.05, 0) is 38.2 Å². The maximum atomic E-state index is 13.4. The summed E-state index contributed by atoms with van der Waals surface area (Å²) in [5.41, 5.74) is -3.30. The number of ether oxygens (including phenoxy) is 2. The van der Waals surface area contributed by atoms with Crippen LogP contribution in [-0.2, 0) is 34.8 Å². The Morgan fingerprint density at radius 2 is 1.67 bits per heavy atom. The number of rotatable bonds is 10. The second kappa shape index (κ2) is 14.5. The number of alkyl halides is 3. The van der Waals surface area contributed by atoms with Crippen LogP contribution in [0.3, 0.4) is 0 Å². The Morgan fingerprint density at radius 1 is 1.02 bits per heavy atom. The fourth-order valence-electron chi connectivity index (χ4n) is 4.69. The van der Waals surface area contributed by atoms with Gasteiger partial charge in [-0.15, -0.1) is 0 Å². The van der Waals surface area contributed by atoms with E-state index in [9.17, 15) is 32.3 Å². The third kappa shape index (κ3) is 9.55. The van der Waals surface area contributed by atoms with E-state index < -0.39 is 48.2 Å². The average molecular weight is 620 g/mol. The van der Waals surface area contributed by atoms with E-state index in [1.54, 1.807) is 4.90 Å². The van der Waals surface area contributed by atoms with Gasteiger partial charge in [0.25, 0.3) is 5.78 Å². The summed E-state index contributed by atoms with van der Waals surface area (Å²) in [4.78, 5) is 52.6. The number of amides is 1. The van der Waals surface area contributed by atoms with Gasteiger partial charge in [0, 0.05) is 31.3 Å². The second-order valence-electron chi connectivity index (χ2n) is 10.2. The maximum Gasteiger partial charge on any atom is 0.433 e. The number of carbonyl (C=O) groups is 4. The third-order valence-electron chi connectivity index (χ3n) is 6.92. The van der Waals surface area contributed by atoms with Crippen LogP contribution in [-0.4, -0.2) is 113 Å². The summed E-state index contributed by atoms with van der Waals surface area (Å²) >= 11 is 0. The first-order chi connectivity index (χ1) is 20.2. The first-order valence-corrected chi connectivity index (χ1v) is 13.3. The van der Waals surface area contributed by atoms with Crippen molar-refractivity contribution in [1.82, 2.24) is 24.5 Å². The molecule has 4 rings (SSSR count). The van der Waals surface area contributed by atoms with Gasteiger partial charge in [-0.2, -0.15) is 27.8 Å². The van der Waals surface area contributed by atoms with Crippen molar-refractivity contribution in [2.45, 2.75) is 68.7 Å². The van der Waals surface area contributed by atoms with Crippen LogP contribution in [0, 0.1) is 0 Å². The number of carboxylic acids is 3. The molecule has 2 fully saturated rings. The molecular formula is C25H32F3N5O10. The lowest BCUT2D eigenvalue weighted by atomic mass is 9.93. The van der Waals surface area contributed by atoms with Crippen molar-refractivity contribution in [3.05, 3.63) is 23.8 Å². The summed E-state index contributed by atoms with van der Waals surface area (Å²) in [7, 11) is 0. The van der Waals surface area contributed by atoms with E-state index in [0.29, 0.717) is 42.7 Å². The molecule has 4 heterocycles. The molecule has 1 amide bonds. The quantitative estimate of drug-likeness (QED) is 0.294. The molecule has 2 saturated heterocycles. The number of nitrogens with zero attached hydrogens (tertiary/aromatic N) is 5. The number of hydrogen-bond acceptors (Lipinski definition) is 10. The zero-order valence-electron chi connectivity index (χ0n) is 22.9. The summed E-state index contributed by atoms with van der Waals surface area (Å²) in [6.07, 6.45) is -1.54. The molecule has 0 bridgehead atoms. The van der Waals surface area contributed by atoms with Gasteiger partial charge in [-0.25, -0.2) is 9.78 Å². The third-order valence-corrected chi connectivity index (χ3v) is 6.92. The molecule has 0 spiro atoms. The predicted octanol–water partition coefficient (Wildman–Crippen LogP) is 1.19. The van der Waals surface area contributed by atoms with Crippen molar-refractivity contribution in [2.24, 2.45) is 0 Å². The summed E-state index contributed by atoms with van der Waals surface area (Å²) in [6, 6.07) is 1.04. The van der Waals surface area contributed by atoms with Crippen molar-refractivity contribution in [2.75, 3.05) is 32.9 Å². The monoisotopic (exact) mass is 619 g/mol. The highest BCUT2D eigenvalue weighted by molar-refractivity contribution is 5.88. The summed E-state index contributed by atoms with van der Waals surface area (Å²) in [5.74, 6) is -5.37. The number of aliphatic carboxylic acids is 3. The topological polar surface area (TPSA) is 214 Å². The lowest BCUT2D eigenvalue weighted by Crippen LogP contribution is -2.42. The number of carbonyl (C=O) groups excluding carboxylic acids is 1. The number of likely N-dealkylation sites (tertiary alicyclic amines) is 1. The van der Waals surface area contributed by atoms with Gasteiger partial charge in [-0.1, -0.05) is 0 Å². The Bertz CT molecular complexity index is 1270. The molecule has 1 unspecified atom stereocenters. The lowest BCUT2D eigenvalue weighted by molar-refractivity contribution is -0.170. The van der Waals surface area contributed by atoms with Gasteiger partial charge in [0.2, 0.25) is 5.91 Å². The highest BCUT2D eigenvalue weighted by Crippen LogP contribution is 2.33. The van der Waals surface area contributed by atoms with E-state index in [1.807, 2.05) is 0 Å². The molecule has 0 saturated carbocycles. The molecule has 43 heavy (non-hydrogen) atoms. The van der Waals surface area contributed by atoms with E-state index in [4.69, 9.17) is 29.9 Å². The fraction of sp³-hybridized carbons (Fsp3) is 0.640. The van der Waals surface area contributed by atoms with Gasteiger partial charge < -0.3 is 34.8 Å². The lowest BCUT2D eigenvalue weighted by Gasteiger charge is -2.32. The summed E-state index contributed by atoms with van der Waals surface area (Å²) in [5, 5.41) is 37.4. The molecule has 18 heteroatoms. The van der Waals surface area contributed by atoms with E-state index in [2.05, 4.69) is 15.1 Å². The number of aliphatic hydroxyl groups is 1. The van der Waals surface area contributed by atoms with Crippen molar-refractivity contribution in [3.63, 3.8) is 0 Å². The van der Waals surface area contributed by atoms with Crippen LogP contribution in [0.25, 0.3) is 5.78 Å². The molecule has 0 aromatic carbocycles.